The number of hydrogen-bond acceptors (Lipinski definition) is 4. The van der Waals surface area contributed by atoms with Crippen molar-refractivity contribution in [3.8, 4) is 0 Å². The van der Waals surface area contributed by atoms with Crippen LogP contribution in [0.3, 0.4) is 0 Å². The Bertz CT molecular complexity index is 1090. The molecule has 0 aliphatic carbocycles. The molecule has 0 unspecified atom stereocenters. The van der Waals surface area contributed by atoms with E-state index in [0.29, 0.717) is 5.17 Å². The fourth-order valence-corrected chi connectivity index (χ4v) is 7.70. The normalized spacial score (nSPS) is 24.1. The topological polar surface area (TPSA) is 66.8 Å². The lowest BCUT2D eigenvalue weighted by molar-refractivity contribution is -0.117. The molecule has 152 valence electrons. The number of aliphatic imine (C=N–C) groups is 1. The number of aryl methyl sites for hydroxylation is 3. The summed E-state index contributed by atoms with van der Waals surface area (Å²) in [4.78, 5) is 19.0. The first-order valence-corrected chi connectivity index (χ1v) is 12.3. The van der Waals surface area contributed by atoms with E-state index in [-0.39, 0.29) is 35.1 Å². The molecule has 0 bridgehead atoms. The average molecular weight is 429 g/mol. The predicted molar refractivity (Wildman–Crippen MR) is 120 cm³/mol. The molecule has 2 aromatic rings. The van der Waals surface area contributed by atoms with E-state index in [9.17, 15) is 13.2 Å². The van der Waals surface area contributed by atoms with Gasteiger partial charge in [-0.1, -0.05) is 47.7 Å². The fraction of sp³-hybridized carbons (Fsp3) is 0.364. The third-order valence-electron chi connectivity index (χ3n) is 5.53. The molecular formula is C22H24N2O3S2. The second-order valence-electron chi connectivity index (χ2n) is 7.89. The monoisotopic (exact) mass is 428 g/mol. The highest BCUT2D eigenvalue weighted by Crippen LogP contribution is 2.41. The molecule has 4 rings (SSSR count). The van der Waals surface area contributed by atoms with Crippen LogP contribution in [0.2, 0.25) is 0 Å². The van der Waals surface area contributed by atoms with Gasteiger partial charge in [-0.05, 0) is 49.6 Å². The van der Waals surface area contributed by atoms with Crippen molar-refractivity contribution in [3.05, 3.63) is 64.7 Å². The summed E-state index contributed by atoms with van der Waals surface area (Å²) in [5.41, 5.74) is 5.27. The van der Waals surface area contributed by atoms with Gasteiger partial charge in [0, 0.05) is 10.9 Å². The minimum Gasteiger partial charge on any atom is -0.316 e. The number of rotatable bonds is 3. The number of hydrogen-bond donors (Lipinski definition) is 0. The van der Waals surface area contributed by atoms with Gasteiger partial charge in [0.2, 0.25) is 0 Å². The SMILES string of the molecule is Cc1ccc(CC(=O)N=C2S[C@H]3CS(=O)(=O)C[C@@H]3N2c2ccc(C)c(C)c2)cc1. The van der Waals surface area contributed by atoms with E-state index in [4.69, 9.17) is 0 Å². The first kappa shape index (κ1) is 20.2. The highest BCUT2D eigenvalue weighted by molar-refractivity contribution is 8.16. The van der Waals surface area contributed by atoms with E-state index in [1.807, 2.05) is 68.1 Å². The summed E-state index contributed by atoms with van der Waals surface area (Å²) in [5, 5.41) is 0.516. The lowest BCUT2D eigenvalue weighted by Gasteiger charge is -2.25. The maximum absolute atomic E-state index is 12.7. The van der Waals surface area contributed by atoms with E-state index in [1.54, 1.807) is 0 Å². The summed E-state index contributed by atoms with van der Waals surface area (Å²) in [7, 11) is -3.07. The molecule has 2 atom stereocenters. The molecular weight excluding hydrogens is 404 g/mol. The Morgan fingerprint density at radius 2 is 1.79 bits per heavy atom. The van der Waals surface area contributed by atoms with Crippen molar-refractivity contribution in [2.24, 2.45) is 4.99 Å². The maximum Gasteiger partial charge on any atom is 0.252 e. The quantitative estimate of drug-likeness (QED) is 0.749. The Hall–Kier alpha value is -2.12. The van der Waals surface area contributed by atoms with Crippen LogP contribution in [0, 0.1) is 20.8 Å². The zero-order chi connectivity index (χ0) is 20.8. The molecule has 1 amide bonds. The maximum atomic E-state index is 12.7. The van der Waals surface area contributed by atoms with Crippen LogP contribution in [-0.2, 0) is 21.1 Å². The van der Waals surface area contributed by atoms with Crippen LogP contribution < -0.4 is 4.90 Å². The summed E-state index contributed by atoms with van der Waals surface area (Å²) >= 11 is 1.41. The Labute approximate surface area is 176 Å². The highest BCUT2D eigenvalue weighted by Gasteiger charge is 2.49. The van der Waals surface area contributed by atoms with Crippen molar-refractivity contribution in [1.29, 1.82) is 0 Å². The van der Waals surface area contributed by atoms with Crippen LogP contribution >= 0.6 is 11.8 Å². The summed E-state index contributed by atoms with van der Waals surface area (Å²) in [6.45, 7) is 6.08. The number of fused-ring (bicyclic) bond motifs is 1. The van der Waals surface area contributed by atoms with Gasteiger partial charge in [0.15, 0.2) is 15.0 Å². The van der Waals surface area contributed by atoms with Crippen LogP contribution in [0.15, 0.2) is 47.5 Å². The van der Waals surface area contributed by atoms with Crippen molar-refractivity contribution >= 4 is 38.4 Å². The minimum absolute atomic E-state index is 0.0902. The van der Waals surface area contributed by atoms with Gasteiger partial charge in [-0.25, -0.2) is 8.42 Å². The molecule has 29 heavy (non-hydrogen) atoms. The average Bonchev–Trinajstić information content (AvgIpc) is 3.10. The highest BCUT2D eigenvalue weighted by atomic mass is 32.2. The third-order valence-corrected chi connectivity index (χ3v) is 8.74. The smallest absolute Gasteiger partial charge is 0.252 e. The number of benzene rings is 2. The van der Waals surface area contributed by atoms with Gasteiger partial charge in [0.05, 0.1) is 24.0 Å². The number of carbonyl (C=O) groups is 1. The molecule has 0 spiro atoms. The van der Waals surface area contributed by atoms with E-state index in [1.165, 1.54) is 17.3 Å². The molecule has 0 saturated carbocycles. The third kappa shape index (κ3) is 4.26. The number of carbonyl (C=O) groups excluding carboxylic acids is 1. The van der Waals surface area contributed by atoms with Crippen LogP contribution in [0.1, 0.15) is 22.3 Å². The number of amidine groups is 1. The molecule has 0 radical (unpaired) electrons. The predicted octanol–water partition coefficient (Wildman–Crippen LogP) is 3.46. The van der Waals surface area contributed by atoms with Crippen molar-refractivity contribution in [1.82, 2.24) is 0 Å². The number of amides is 1. The Kier molecular flexibility index (Phi) is 5.29. The van der Waals surface area contributed by atoms with Crippen molar-refractivity contribution in [3.63, 3.8) is 0 Å². The van der Waals surface area contributed by atoms with Gasteiger partial charge in [-0.15, -0.1) is 0 Å². The summed E-state index contributed by atoms with van der Waals surface area (Å²) in [5.74, 6) is 0.0189. The van der Waals surface area contributed by atoms with Crippen molar-refractivity contribution < 1.29 is 13.2 Å². The van der Waals surface area contributed by atoms with E-state index in [2.05, 4.69) is 4.99 Å². The van der Waals surface area contributed by atoms with Gasteiger partial charge in [-0.3, -0.25) is 4.79 Å². The second-order valence-corrected chi connectivity index (χ2v) is 11.2. The van der Waals surface area contributed by atoms with Gasteiger partial charge < -0.3 is 4.90 Å². The van der Waals surface area contributed by atoms with Gasteiger partial charge in [0.1, 0.15) is 0 Å². The van der Waals surface area contributed by atoms with Crippen LogP contribution in [0.4, 0.5) is 5.69 Å². The standard InChI is InChI=1S/C22H24N2O3S2/c1-14-4-7-17(8-5-14)11-21(25)23-22-24(18-9-6-15(2)16(3)10-18)19-12-29(26,27)13-20(19)28-22/h4-10,19-20H,11-13H2,1-3H3/t19-,20-/m0/s1. The summed E-state index contributed by atoms with van der Waals surface area (Å²) in [6, 6.07) is 13.7. The van der Waals surface area contributed by atoms with Crippen LogP contribution in [-0.4, -0.2) is 42.3 Å². The number of thioether (sulfide) groups is 1. The molecule has 0 aromatic heterocycles. The summed E-state index contributed by atoms with van der Waals surface area (Å²) < 4.78 is 24.4. The van der Waals surface area contributed by atoms with E-state index < -0.39 is 9.84 Å². The second kappa shape index (κ2) is 7.61. The van der Waals surface area contributed by atoms with Crippen molar-refractivity contribution in [2.75, 3.05) is 16.4 Å². The molecule has 2 aliphatic heterocycles. The first-order valence-electron chi connectivity index (χ1n) is 9.62. The van der Waals surface area contributed by atoms with E-state index in [0.717, 1.165) is 22.4 Å². The molecule has 0 N–H and O–H groups in total. The Morgan fingerprint density at radius 3 is 2.48 bits per heavy atom. The molecule has 2 aliphatic rings. The zero-order valence-corrected chi connectivity index (χ0v) is 18.4. The number of nitrogens with zero attached hydrogens (tertiary/aromatic N) is 2. The number of anilines is 1. The van der Waals surface area contributed by atoms with Gasteiger partial charge in [-0.2, -0.15) is 4.99 Å². The van der Waals surface area contributed by atoms with E-state index >= 15 is 0 Å². The molecule has 7 heteroatoms. The Balaban J connectivity index is 1.65. The lowest BCUT2D eigenvalue weighted by atomic mass is 10.1. The largest absolute Gasteiger partial charge is 0.316 e. The molecule has 2 saturated heterocycles. The van der Waals surface area contributed by atoms with Gasteiger partial charge in [0.25, 0.3) is 5.91 Å². The first-order chi connectivity index (χ1) is 13.7. The zero-order valence-electron chi connectivity index (χ0n) is 16.8. The van der Waals surface area contributed by atoms with Crippen molar-refractivity contribution in [2.45, 2.75) is 38.5 Å². The number of sulfone groups is 1. The van der Waals surface area contributed by atoms with Gasteiger partial charge >= 0.3 is 0 Å². The molecule has 5 nitrogen and oxygen atoms in total. The molecule has 2 aromatic carbocycles. The summed E-state index contributed by atoms with van der Waals surface area (Å²) in [6.07, 6.45) is 0.235. The van der Waals surface area contributed by atoms with Crippen LogP contribution in [0.25, 0.3) is 0 Å². The molecule has 2 fully saturated rings. The molecule has 2 heterocycles. The minimum atomic E-state index is -3.07. The van der Waals surface area contributed by atoms with Crippen LogP contribution in [0.5, 0.6) is 0 Å². The lowest BCUT2D eigenvalue weighted by Crippen LogP contribution is -2.37. The fourth-order valence-electron chi connectivity index (χ4n) is 3.77. The Morgan fingerprint density at radius 1 is 1.07 bits per heavy atom.